The molecule has 0 aromatic heterocycles. The van der Waals surface area contributed by atoms with Crippen molar-refractivity contribution in [2.24, 2.45) is 5.41 Å². The summed E-state index contributed by atoms with van der Waals surface area (Å²) in [6, 6.07) is 6.79. The van der Waals surface area contributed by atoms with Crippen LogP contribution in [0.25, 0.3) is 0 Å². The van der Waals surface area contributed by atoms with Crippen molar-refractivity contribution < 1.29 is 18.6 Å². The van der Waals surface area contributed by atoms with Crippen LogP contribution < -0.4 is 4.72 Å². The lowest BCUT2D eigenvalue weighted by atomic mass is 9.94. The third-order valence-electron chi connectivity index (χ3n) is 3.10. The molecule has 19 heavy (non-hydrogen) atoms. The smallest absolute Gasteiger partial charge is 0.240 e. The second-order valence-corrected chi connectivity index (χ2v) is 6.65. The van der Waals surface area contributed by atoms with Crippen molar-refractivity contribution in [3.8, 4) is 0 Å². The lowest BCUT2D eigenvalue weighted by Gasteiger charge is -2.24. The van der Waals surface area contributed by atoms with Crippen LogP contribution in [-0.4, -0.2) is 38.4 Å². The highest BCUT2D eigenvalue weighted by molar-refractivity contribution is 7.89. The van der Waals surface area contributed by atoms with Crippen molar-refractivity contribution in [1.29, 1.82) is 0 Å². The lowest BCUT2D eigenvalue weighted by Crippen LogP contribution is -2.40. The number of hydrogen-bond acceptors (Lipinski definition) is 4. The van der Waals surface area contributed by atoms with Gasteiger partial charge in [-0.3, -0.25) is 0 Å². The minimum atomic E-state index is -3.63. The molecule has 0 spiro atoms. The molecule has 0 radical (unpaired) electrons. The third kappa shape index (κ3) is 4.01. The molecule has 1 aromatic rings. The SMILES string of the molecule is CCc1ccccc1S(=O)(=O)NCC(C)(CO)CO. The van der Waals surface area contributed by atoms with Gasteiger partial charge in [-0.25, -0.2) is 13.1 Å². The molecular weight excluding hydrogens is 266 g/mol. The highest BCUT2D eigenvalue weighted by Crippen LogP contribution is 2.18. The van der Waals surface area contributed by atoms with Gasteiger partial charge in [-0.15, -0.1) is 0 Å². The van der Waals surface area contributed by atoms with Crippen LogP contribution in [0.15, 0.2) is 29.2 Å². The summed E-state index contributed by atoms with van der Waals surface area (Å²) in [6.45, 7) is 2.91. The van der Waals surface area contributed by atoms with E-state index in [9.17, 15) is 8.42 Å². The van der Waals surface area contributed by atoms with Crippen LogP contribution in [0.5, 0.6) is 0 Å². The van der Waals surface area contributed by atoms with Gasteiger partial charge < -0.3 is 10.2 Å². The van der Waals surface area contributed by atoms with Gasteiger partial charge in [0.05, 0.1) is 18.1 Å². The van der Waals surface area contributed by atoms with Gasteiger partial charge in [0.15, 0.2) is 0 Å². The highest BCUT2D eigenvalue weighted by Gasteiger charge is 2.26. The molecule has 108 valence electrons. The van der Waals surface area contributed by atoms with Crippen molar-refractivity contribution in [3.63, 3.8) is 0 Å². The van der Waals surface area contributed by atoms with Crippen LogP contribution in [0.3, 0.4) is 0 Å². The number of nitrogens with one attached hydrogen (secondary N) is 1. The summed E-state index contributed by atoms with van der Waals surface area (Å²) in [4.78, 5) is 0.246. The molecule has 0 aliphatic rings. The van der Waals surface area contributed by atoms with Crippen molar-refractivity contribution in [2.75, 3.05) is 19.8 Å². The molecule has 0 aliphatic carbocycles. The van der Waals surface area contributed by atoms with Gasteiger partial charge in [0, 0.05) is 12.0 Å². The molecule has 0 fully saturated rings. The van der Waals surface area contributed by atoms with E-state index in [2.05, 4.69) is 4.72 Å². The fraction of sp³-hybridized carbons (Fsp3) is 0.538. The van der Waals surface area contributed by atoms with Gasteiger partial charge in [0.2, 0.25) is 10.0 Å². The Kier molecular flexibility index (Phi) is 5.49. The van der Waals surface area contributed by atoms with E-state index in [4.69, 9.17) is 10.2 Å². The van der Waals surface area contributed by atoms with Gasteiger partial charge in [-0.1, -0.05) is 32.0 Å². The van der Waals surface area contributed by atoms with E-state index in [0.717, 1.165) is 5.56 Å². The second-order valence-electron chi connectivity index (χ2n) is 4.91. The van der Waals surface area contributed by atoms with Gasteiger partial charge in [-0.05, 0) is 18.1 Å². The number of benzene rings is 1. The number of sulfonamides is 1. The number of aliphatic hydroxyl groups excluding tert-OH is 2. The summed E-state index contributed by atoms with van der Waals surface area (Å²) < 4.78 is 26.9. The van der Waals surface area contributed by atoms with E-state index < -0.39 is 15.4 Å². The molecular formula is C13H21NO4S. The Labute approximate surface area is 114 Å². The maximum atomic E-state index is 12.2. The number of aliphatic hydroxyl groups is 2. The predicted molar refractivity (Wildman–Crippen MR) is 73.3 cm³/mol. The summed E-state index contributed by atoms with van der Waals surface area (Å²) in [5.41, 5.74) is -0.126. The van der Waals surface area contributed by atoms with Gasteiger partial charge >= 0.3 is 0 Å². The predicted octanol–water partition coefficient (Wildman–Crippen LogP) is 0.518. The first-order chi connectivity index (χ1) is 8.88. The Hall–Kier alpha value is -0.950. The summed E-state index contributed by atoms with van der Waals surface area (Å²) in [5.74, 6) is 0. The fourth-order valence-corrected chi connectivity index (χ4v) is 3.08. The summed E-state index contributed by atoms with van der Waals surface area (Å²) >= 11 is 0. The first-order valence-electron chi connectivity index (χ1n) is 6.18. The van der Waals surface area contributed by atoms with Gasteiger partial charge in [-0.2, -0.15) is 0 Å². The molecule has 0 saturated heterocycles. The van der Waals surface area contributed by atoms with Crippen LogP contribution in [-0.2, 0) is 16.4 Å². The Morgan fingerprint density at radius 2 is 1.79 bits per heavy atom. The minimum absolute atomic E-state index is 0.0135. The van der Waals surface area contributed by atoms with Crippen molar-refractivity contribution in [2.45, 2.75) is 25.2 Å². The lowest BCUT2D eigenvalue weighted by molar-refractivity contribution is 0.0743. The van der Waals surface area contributed by atoms with Crippen LogP contribution >= 0.6 is 0 Å². The second kappa shape index (κ2) is 6.47. The van der Waals surface area contributed by atoms with Crippen molar-refractivity contribution in [3.05, 3.63) is 29.8 Å². The zero-order valence-corrected chi connectivity index (χ0v) is 12.1. The normalized spacial score (nSPS) is 12.6. The molecule has 0 saturated carbocycles. The molecule has 5 nitrogen and oxygen atoms in total. The van der Waals surface area contributed by atoms with Crippen LogP contribution in [0.4, 0.5) is 0 Å². The van der Waals surface area contributed by atoms with Gasteiger partial charge in [0.25, 0.3) is 0 Å². The average Bonchev–Trinajstić information content (AvgIpc) is 2.44. The van der Waals surface area contributed by atoms with E-state index in [1.165, 1.54) is 0 Å². The zero-order chi connectivity index (χ0) is 14.5. The van der Waals surface area contributed by atoms with Crippen LogP contribution in [0.1, 0.15) is 19.4 Å². The summed E-state index contributed by atoms with van der Waals surface area (Å²) in [6.07, 6.45) is 0.619. The number of hydrogen-bond donors (Lipinski definition) is 3. The van der Waals surface area contributed by atoms with E-state index in [-0.39, 0.29) is 24.7 Å². The number of rotatable bonds is 7. The van der Waals surface area contributed by atoms with Gasteiger partial charge in [0.1, 0.15) is 0 Å². The third-order valence-corrected chi connectivity index (χ3v) is 4.60. The molecule has 1 rings (SSSR count). The topological polar surface area (TPSA) is 86.6 Å². The Bertz CT molecular complexity index is 509. The van der Waals surface area contributed by atoms with E-state index in [1.54, 1.807) is 31.2 Å². The van der Waals surface area contributed by atoms with Crippen LogP contribution in [0, 0.1) is 5.41 Å². The van der Waals surface area contributed by atoms with Crippen molar-refractivity contribution in [1.82, 2.24) is 4.72 Å². The van der Waals surface area contributed by atoms with E-state index in [1.807, 2.05) is 6.92 Å². The summed E-state index contributed by atoms with van der Waals surface area (Å²) in [5, 5.41) is 18.3. The molecule has 6 heteroatoms. The van der Waals surface area contributed by atoms with Crippen LogP contribution in [0.2, 0.25) is 0 Å². The molecule has 0 bridgehead atoms. The minimum Gasteiger partial charge on any atom is -0.396 e. The monoisotopic (exact) mass is 287 g/mol. The highest BCUT2D eigenvalue weighted by atomic mass is 32.2. The first kappa shape index (κ1) is 16.1. The molecule has 0 atom stereocenters. The standard InChI is InChI=1S/C13H21NO4S/c1-3-11-6-4-5-7-12(11)19(17,18)14-8-13(2,9-15)10-16/h4-7,14-16H,3,8-10H2,1-2H3. The molecule has 0 amide bonds. The Morgan fingerprint density at radius 3 is 2.32 bits per heavy atom. The number of aryl methyl sites for hydroxylation is 1. The molecule has 0 heterocycles. The fourth-order valence-electron chi connectivity index (χ4n) is 1.57. The Morgan fingerprint density at radius 1 is 1.21 bits per heavy atom. The van der Waals surface area contributed by atoms with E-state index >= 15 is 0 Å². The molecule has 1 aromatic carbocycles. The van der Waals surface area contributed by atoms with Crippen molar-refractivity contribution >= 4 is 10.0 Å². The summed E-state index contributed by atoms with van der Waals surface area (Å²) in [7, 11) is -3.63. The Balaban J connectivity index is 2.93. The largest absolute Gasteiger partial charge is 0.396 e. The van der Waals surface area contributed by atoms with E-state index in [0.29, 0.717) is 6.42 Å². The zero-order valence-electron chi connectivity index (χ0n) is 11.3. The quantitative estimate of drug-likeness (QED) is 0.682. The maximum absolute atomic E-state index is 12.2. The maximum Gasteiger partial charge on any atom is 0.240 e. The first-order valence-corrected chi connectivity index (χ1v) is 7.66. The molecule has 3 N–H and O–H groups in total. The molecule has 0 unspecified atom stereocenters. The molecule has 0 aliphatic heterocycles. The average molecular weight is 287 g/mol.